The second kappa shape index (κ2) is 6.63. The van der Waals surface area contributed by atoms with Crippen LogP contribution in [0.15, 0.2) is 40.9 Å². The van der Waals surface area contributed by atoms with Crippen LogP contribution in [-0.2, 0) is 0 Å². The summed E-state index contributed by atoms with van der Waals surface area (Å²) in [6.07, 6.45) is 0. The van der Waals surface area contributed by atoms with Crippen molar-refractivity contribution in [3.63, 3.8) is 0 Å². The first kappa shape index (κ1) is 15.4. The molecule has 1 amide bonds. The number of hydrogen-bond acceptors (Lipinski definition) is 3. The summed E-state index contributed by atoms with van der Waals surface area (Å²) in [6.45, 7) is 1.88. The summed E-state index contributed by atoms with van der Waals surface area (Å²) in [4.78, 5) is 12.3. The molecule has 2 rings (SSSR count). The average molecular weight is 350 g/mol. The molecule has 0 aliphatic rings. The van der Waals surface area contributed by atoms with Gasteiger partial charge in [0.25, 0.3) is 5.91 Å². The first-order valence-corrected chi connectivity index (χ1v) is 7.14. The highest BCUT2D eigenvalue weighted by Gasteiger charge is 2.13. The van der Waals surface area contributed by atoms with Crippen molar-refractivity contribution in [2.45, 2.75) is 6.92 Å². The lowest BCUT2D eigenvalue weighted by Crippen LogP contribution is -2.12. The lowest BCUT2D eigenvalue weighted by molar-refractivity contribution is 0.102. The molecule has 1 N–H and O–H groups in total. The van der Waals surface area contributed by atoms with E-state index in [0.717, 1.165) is 15.7 Å². The van der Waals surface area contributed by atoms with E-state index in [2.05, 4.69) is 21.2 Å². The standard InChI is InChI=1S/C16H16BrNO3/c1-10-14(20-2)8-11(9-15(10)21-3)16(19)18-13-6-4-12(17)5-7-13/h4-9H,1-3H3,(H,18,19). The summed E-state index contributed by atoms with van der Waals surface area (Å²) in [5.74, 6) is 1.03. The molecule has 0 aliphatic heterocycles. The largest absolute Gasteiger partial charge is 0.496 e. The molecule has 4 nitrogen and oxygen atoms in total. The number of ether oxygens (including phenoxy) is 2. The number of benzene rings is 2. The van der Waals surface area contributed by atoms with Crippen molar-refractivity contribution in [3.05, 3.63) is 52.0 Å². The average Bonchev–Trinajstić information content (AvgIpc) is 2.49. The molecule has 0 spiro atoms. The van der Waals surface area contributed by atoms with Gasteiger partial charge >= 0.3 is 0 Å². The highest BCUT2D eigenvalue weighted by atomic mass is 79.9. The zero-order valence-electron chi connectivity index (χ0n) is 12.1. The van der Waals surface area contributed by atoms with Crippen molar-refractivity contribution in [2.24, 2.45) is 0 Å². The quantitative estimate of drug-likeness (QED) is 0.906. The maximum Gasteiger partial charge on any atom is 0.255 e. The highest BCUT2D eigenvalue weighted by Crippen LogP contribution is 2.29. The fourth-order valence-electron chi connectivity index (χ4n) is 1.95. The summed E-state index contributed by atoms with van der Waals surface area (Å²) < 4.78 is 11.5. The monoisotopic (exact) mass is 349 g/mol. The van der Waals surface area contributed by atoms with E-state index in [0.29, 0.717) is 17.1 Å². The maximum absolute atomic E-state index is 12.3. The van der Waals surface area contributed by atoms with Crippen LogP contribution in [0.25, 0.3) is 0 Å². The molecule has 21 heavy (non-hydrogen) atoms. The molecule has 0 atom stereocenters. The molecule has 0 bridgehead atoms. The number of methoxy groups -OCH3 is 2. The van der Waals surface area contributed by atoms with Crippen molar-refractivity contribution >= 4 is 27.5 Å². The van der Waals surface area contributed by atoms with Crippen molar-refractivity contribution in [1.82, 2.24) is 0 Å². The van der Waals surface area contributed by atoms with Gasteiger partial charge in [0.05, 0.1) is 14.2 Å². The van der Waals surface area contributed by atoms with Gasteiger partial charge in [-0.3, -0.25) is 4.79 Å². The van der Waals surface area contributed by atoms with E-state index in [1.807, 2.05) is 31.2 Å². The van der Waals surface area contributed by atoms with Gasteiger partial charge in [0, 0.05) is 21.3 Å². The lowest BCUT2D eigenvalue weighted by atomic mass is 10.1. The number of halogens is 1. The van der Waals surface area contributed by atoms with Crippen LogP contribution in [0.1, 0.15) is 15.9 Å². The van der Waals surface area contributed by atoms with Crippen LogP contribution >= 0.6 is 15.9 Å². The molecule has 110 valence electrons. The first-order chi connectivity index (χ1) is 10.0. The number of carbonyl (C=O) groups is 1. The van der Waals surface area contributed by atoms with E-state index in [1.165, 1.54) is 0 Å². The first-order valence-electron chi connectivity index (χ1n) is 6.34. The van der Waals surface area contributed by atoms with Crippen LogP contribution in [0.4, 0.5) is 5.69 Å². The van der Waals surface area contributed by atoms with Gasteiger partial charge in [-0.25, -0.2) is 0 Å². The topological polar surface area (TPSA) is 47.6 Å². The Bertz CT molecular complexity index is 628. The normalized spacial score (nSPS) is 10.1. The van der Waals surface area contributed by atoms with Gasteiger partial charge in [-0.1, -0.05) is 15.9 Å². The third kappa shape index (κ3) is 3.55. The smallest absolute Gasteiger partial charge is 0.255 e. The Morgan fingerprint density at radius 2 is 1.57 bits per heavy atom. The van der Waals surface area contributed by atoms with Gasteiger partial charge in [0.2, 0.25) is 0 Å². The molecule has 5 heteroatoms. The number of hydrogen-bond donors (Lipinski definition) is 1. The van der Waals surface area contributed by atoms with Gasteiger partial charge < -0.3 is 14.8 Å². The summed E-state index contributed by atoms with van der Waals surface area (Å²) in [7, 11) is 3.14. The van der Waals surface area contributed by atoms with Gasteiger partial charge in [-0.2, -0.15) is 0 Å². The van der Waals surface area contributed by atoms with E-state index in [1.54, 1.807) is 26.4 Å². The van der Waals surface area contributed by atoms with E-state index < -0.39 is 0 Å². The van der Waals surface area contributed by atoms with Crippen LogP contribution in [0.5, 0.6) is 11.5 Å². The minimum atomic E-state index is -0.214. The van der Waals surface area contributed by atoms with Gasteiger partial charge in [-0.05, 0) is 43.3 Å². The molecular weight excluding hydrogens is 334 g/mol. The number of nitrogens with one attached hydrogen (secondary N) is 1. The Labute approximate surface area is 132 Å². The Hall–Kier alpha value is -2.01. The molecule has 2 aromatic rings. The second-order valence-corrected chi connectivity index (χ2v) is 5.38. The SMILES string of the molecule is COc1cc(C(=O)Nc2ccc(Br)cc2)cc(OC)c1C. The number of amides is 1. The fourth-order valence-corrected chi connectivity index (χ4v) is 2.22. The minimum Gasteiger partial charge on any atom is -0.496 e. The van der Waals surface area contributed by atoms with E-state index in [4.69, 9.17) is 9.47 Å². The third-order valence-electron chi connectivity index (χ3n) is 3.12. The Morgan fingerprint density at radius 1 is 1.05 bits per heavy atom. The zero-order valence-corrected chi connectivity index (χ0v) is 13.7. The number of anilines is 1. The van der Waals surface area contributed by atoms with Gasteiger partial charge in [0.15, 0.2) is 0 Å². The lowest BCUT2D eigenvalue weighted by Gasteiger charge is -2.12. The molecule has 0 heterocycles. The molecule has 0 radical (unpaired) electrons. The van der Waals surface area contributed by atoms with Crippen molar-refractivity contribution < 1.29 is 14.3 Å². The Kier molecular flexibility index (Phi) is 4.85. The van der Waals surface area contributed by atoms with E-state index >= 15 is 0 Å². The summed E-state index contributed by atoms with van der Waals surface area (Å²) >= 11 is 3.36. The predicted molar refractivity (Wildman–Crippen MR) is 86.4 cm³/mol. The molecule has 0 aromatic heterocycles. The van der Waals surface area contributed by atoms with E-state index in [-0.39, 0.29) is 5.91 Å². The van der Waals surface area contributed by atoms with Crippen molar-refractivity contribution in [1.29, 1.82) is 0 Å². The van der Waals surface area contributed by atoms with Gasteiger partial charge in [-0.15, -0.1) is 0 Å². The second-order valence-electron chi connectivity index (χ2n) is 4.47. The predicted octanol–water partition coefficient (Wildman–Crippen LogP) is 4.03. The minimum absolute atomic E-state index is 0.214. The zero-order chi connectivity index (χ0) is 15.4. The molecule has 0 fully saturated rings. The molecule has 0 saturated carbocycles. The fraction of sp³-hybridized carbons (Fsp3) is 0.188. The number of rotatable bonds is 4. The van der Waals surface area contributed by atoms with Gasteiger partial charge in [0.1, 0.15) is 11.5 Å². The van der Waals surface area contributed by atoms with Crippen molar-refractivity contribution in [3.8, 4) is 11.5 Å². The van der Waals surface area contributed by atoms with Crippen LogP contribution < -0.4 is 14.8 Å². The Morgan fingerprint density at radius 3 is 2.05 bits per heavy atom. The van der Waals surface area contributed by atoms with Crippen molar-refractivity contribution in [2.75, 3.05) is 19.5 Å². The Balaban J connectivity index is 2.28. The summed E-state index contributed by atoms with van der Waals surface area (Å²) in [5.41, 5.74) is 2.07. The van der Waals surface area contributed by atoms with Crippen LogP contribution in [-0.4, -0.2) is 20.1 Å². The molecule has 0 aliphatic carbocycles. The molecule has 0 saturated heterocycles. The van der Waals surface area contributed by atoms with Crippen LogP contribution in [0.3, 0.4) is 0 Å². The molecule has 0 unspecified atom stereocenters. The maximum atomic E-state index is 12.3. The molecule has 2 aromatic carbocycles. The number of carbonyl (C=O) groups excluding carboxylic acids is 1. The molecular formula is C16H16BrNO3. The summed E-state index contributed by atoms with van der Waals surface area (Å²) in [6, 6.07) is 10.8. The van der Waals surface area contributed by atoms with Crippen LogP contribution in [0, 0.1) is 6.92 Å². The highest BCUT2D eigenvalue weighted by molar-refractivity contribution is 9.10. The van der Waals surface area contributed by atoms with E-state index in [9.17, 15) is 4.79 Å². The summed E-state index contributed by atoms with van der Waals surface area (Å²) in [5, 5.41) is 2.84. The van der Waals surface area contributed by atoms with Crippen LogP contribution in [0.2, 0.25) is 0 Å². The third-order valence-corrected chi connectivity index (χ3v) is 3.65.